The highest BCUT2D eigenvalue weighted by atomic mass is 16.2. The number of rotatable bonds is 7. The van der Waals surface area contributed by atoms with Gasteiger partial charge in [0, 0.05) is 54.8 Å². The number of benzene rings is 2. The molecule has 2 aromatic carbocycles. The van der Waals surface area contributed by atoms with Crippen LogP contribution in [0.4, 0.5) is 5.69 Å². The molecule has 1 amide bonds. The highest BCUT2D eigenvalue weighted by Crippen LogP contribution is 2.29. The molecular weight excluding hydrogens is 448 g/mol. The number of hydrogen-bond acceptors (Lipinski definition) is 5. The Labute approximate surface area is 210 Å². The molecule has 0 spiro atoms. The quantitative estimate of drug-likeness (QED) is 0.280. The van der Waals surface area contributed by atoms with Gasteiger partial charge in [0.2, 0.25) is 5.91 Å². The predicted octanol–water partition coefficient (Wildman–Crippen LogP) is 4.94. The number of aromatic nitrogens is 3. The molecule has 4 aromatic rings. The molecule has 6 nitrogen and oxygen atoms in total. The van der Waals surface area contributed by atoms with Gasteiger partial charge >= 0.3 is 0 Å². The van der Waals surface area contributed by atoms with Gasteiger partial charge in [-0.05, 0) is 78.1 Å². The molecule has 0 unspecified atom stereocenters. The summed E-state index contributed by atoms with van der Waals surface area (Å²) in [7, 11) is 0. The first-order valence-corrected chi connectivity index (χ1v) is 11.9. The zero-order valence-corrected chi connectivity index (χ0v) is 20.1. The number of aryl methyl sites for hydroxylation is 1. The third kappa shape index (κ3) is 4.84. The van der Waals surface area contributed by atoms with E-state index in [1.54, 1.807) is 23.5 Å². The number of pyridine rings is 1. The van der Waals surface area contributed by atoms with Crippen LogP contribution in [0.15, 0.2) is 85.8 Å². The number of ketones is 1. The van der Waals surface area contributed by atoms with Crippen molar-refractivity contribution in [3.05, 3.63) is 119 Å². The first-order chi connectivity index (χ1) is 17.5. The molecule has 0 bridgehead atoms. The fourth-order valence-electron chi connectivity index (χ4n) is 4.56. The highest BCUT2D eigenvalue weighted by Gasteiger charge is 2.24. The van der Waals surface area contributed by atoms with E-state index in [4.69, 9.17) is 4.98 Å². The average Bonchev–Trinajstić information content (AvgIpc) is 3.34. The molecule has 0 fully saturated rings. The van der Waals surface area contributed by atoms with Gasteiger partial charge in [-0.1, -0.05) is 24.8 Å². The third-order valence-corrected chi connectivity index (χ3v) is 6.53. The standard InChI is InChI=1S/C30H26N4O2/c1-3-30(36)34-14-11-22-17-23(8-9-27(22)34)28(35)16-21-7-6-20(2)25(15-21)18-29-32-13-10-26(33-29)24-5-4-12-31-19-24/h3-10,12-13,15,17,19H,1,11,14,16,18H2,2H3. The second kappa shape index (κ2) is 10.0. The van der Waals surface area contributed by atoms with Gasteiger partial charge in [-0.2, -0.15) is 0 Å². The molecule has 1 aliphatic heterocycles. The number of amides is 1. The summed E-state index contributed by atoms with van der Waals surface area (Å²) in [6.45, 7) is 6.25. The van der Waals surface area contributed by atoms with Crippen molar-refractivity contribution < 1.29 is 9.59 Å². The maximum Gasteiger partial charge on any atom is 0.250 e. The predicted molar refractivity (Wildman–Crippen MR) is 140 cm³/mol. The van der Waals surface area contributed by atoms with Gasteiger partial charge in [-0.25, -0.2) is 9.97 Å². The van der Waals surface area contributed by atoms with Crippen LogP contribution in [0.1, 0.15) is 38.4 Å². The van der Waals surface area contributed by atoms with Crippen molar-refractivity contribution in [2.75, 3.05) is 11.4 Å². The fourth-order valence-corrected chi connectivity index (χ4v) is 4.56. The molecule has 36 heavy (non-hydrogen) atoms. The van der Waals surface area contributed by atoms with Crippen LogP contribution in [0.2, 0.25) is 0 Å². The Morgan fingerprint density at radius 1 is 1.08 bits per heavy atom. The lowest BCUT2D eigenvalue weighted by Gasteiger charge is -2.15. The Balaban J connectivity index is 1.33. The Morgan fingerprint density at radius 2 is 1.97 bits per heavy atom. The van der Waals surface area contributed by atoms with E-state index in [9.17, 15) is 9.59 Å². The minimum Gasteiger partial charge on any atom is -0.308 e. The molecule has 0 aliphatic carbocycles. The van der Waals surface area contributed by atoms with E-state index in [1.165, 1.54) is 6.08 Å². The maximum absolute atomic E-state index is 13.1. The van der Waals surface area contributed by atoms with Crippen LogP contribution in [0, 0.1) is 6.92 Å². The summed E-state index contributed by atoms with van der Waals surface area (Å²) in [4.78, 5) is 40.2. The molecule has 1 aliphatic rings. The zero-order chi connectivity index (χ0) is 25.1. The summed E-state index contributed by atoms with van der Waals surface area (Å²) < 4.78 is 0. The number of carbonyl (C=O) groups excluding carboxylic acids is 2. The summed E-state index contributed by atoms with van der Waals surface area (Å²) in [5, 5.41) is 0. The van der Waals surface area contributed by atoms with Crippen molar-refractivity contribution in [1.29, 1.82) is 0 Å². The summed E-state index contributed by atoms with van der Waals surface area (Å²) in [5.74, 6) is 0.658. The van der Waals surface area contributed by atoms with E-state index >= 15 is 0 Å². The second-order valence-corrected chi connectivity index (χ2v) is 8.92. The second-order valence-electron chi connectivity index (χ2n) is 8.92. The fraction of sp³-hybridized carbons (Fsp3) is 0.167. The third-order valence-electron chi connectivity index (χ3n) is 6.53. The van der Waals surface area contributed by atoms with Gasteiger partial charge in [0.25, 0.3) is 0 Å². The van der Waals surface area contributed by atoms with Crippen LogP contribution in [0.25, 0.3) is 11.3 Å². The van der Waals surface area contributed by atoms with E-state index in [2.05, 4.69) is 29.5 Å². The normalized spacial score (nSPS) is 12.3. The molecule has 0 atom stereocenters. The van der Waals surface area contributed by atoms with Crippen LogP contribution in [0.5, 0.6) is 0 Å². The molecular formula is C30H26N4O2. The zero-order valence-electron chi connectivity index (χ0n) is 20.1. The average molecular weight is 475 g/mol. The minimum atomic E-state index is -0.116. The van der Waals surface area contributed by atoms with E-state index in [0.717, 1.165) is 51.4 Å². The van der Waals surface area contributed by atoms with Crippen molar-refractivity contribution in [2.24, 2.45) is 0 Å². The first kappa shape index (κ1) is 23.3. The number of fused-ring (bicyclic) bond motifs is 1. The molecule has 6 heteroatoms. The maximum atomic E-state index is 13.1. The van der Waals surface area contributed by atoms with Crippen LogP contribution in [0.3, 0.4) is 0 Å². The van der Waals surface area contributed by atoms with Gasteiger partial charge in [0.05, 0.1) is 5.69 Å². The van der Waals surface area contributed by atoms with Crippen LogP contribution in [-0.2, 0) is 24.1 Å². The SMILES string of the molecule is C=CC(=O)N1CCc2cc(C(=O)Cc3ccc(C)c(Cc4nccc(-c5cccnc5)n4)c3)ccc21. The van der Waals surface area contributed by atoms with E-state index in [0.29, 0.717) is 24.9 Å². The number of carbonyl (C=O) groups is 2. The Hall–Kier alpha value is -4.45. The minimum absolute atomic E-state index is 0.0518. The molecule has 0 N–H and O–H groups in total. The largest absolute Gasteiger partial charge is 0.308 e. The molecule has 0 radical (unpaired) electrons. The van der Waals surface area contributed by atoms with E-state index in [1.807, 2.05) is 48.5 Å². The van der Waals surface area contributed by atoms with Crippen LogP contribution in [-0.4, -0.2) is 33.2 Å². The van der Waals surface area contributed by atoms with Crippen LogP contribution < -0.4 is 4.90 Å². The monoisotopic (exact) mass is 474 g/mol. The summed E-state index contributed by atoms with van der Waals surface area (Å²) in [5.41, 5.74) is 7.51. The molecule has 178 valence electrons. The van der Waals surface area contributed by atoms with E-state index < -0.39 is 0 Å². The van der Waals surface area contributed by atoms with Gasteiger partial charge in [0.15, 0.2) is 5.78 Å². The summed E-state index contributed by atoms with van der Waals surface area (Å²) in [6, 6.07) is 17.5. The van der Waals surface area contributed by atoms with Gasteiger partial charge < -0.3 is 4.90 Å². The number of Topliss-reactive ketones (excluding diaryl/α,β-unsaturated/α-hetero) is 1. The molecule has 0 saturated carbocycles. The number of anilines is 1. The van der Waals surface area contributed by atoms with Crippen molar-refractivity contribution in [2.45, 2.75) is 26.2 Å². The van der Waals surface area contributed by atoms with Gasteiger partial charge in [-0.15, -0.1) is 0 Å². The van der Waals surface area contributed by atoms with Crippen molar-refractivity contribution in [3.63, 3.8) is 0 Å². The molecule has 3 heterocycles. The van der Waals surface area contributed by atoms with Crippen molar-refractivity contribution in [3.8, 4) is 11.3 Å². The smallest absolute Gasteiger partial charge is 0.250 e. The van der Waals surface area contributed by atoms with E-state index in [-0.39, 0.29) is 11.7 Å². The van der Waals surface area contributed by atoms with Crippen LogP contribution >= 0.6 is 0 Å². The molecule has 0 saturated heterocycles. The lowest BCUT2D eigenvalue weighted by molar-refractivity contribution is -0.114. The van der Waals surface area contributed by atoms with Gasteiger partial charge in [-0.3, -0.25) is 14.6 Å². The van der Waals surface area contributed by atoms with Gasteiger partial charge in [0.1, 0.15) is 5.82 Å². The topological polar surface area (TPSA) is 76.1 Å². The molecule has 2 aromatic heterocycles. The van der Waals surface area contributed by atoms with Crippen molar-refractivity contribution >= 4 is 17.4 Å². The molecule has 5 rings (SSSR count). The lowest BCUT2D eigenvalue weighted by atomic mass is 9.96. The Morgan fingerprint density at radius 3 is 2.78 bits per heavy atom. The first-order valence-electron chi connectivity index (χ1n) is 11.9. The summed E-state index contributed by atoms with van der Waals surface area (Å²) in [6.07, 6.45) is 8.24. The Kier molecular flexibility index (Phi) is 6.50. The Bertz CT molecular complexity index is 1460. The highest BCUT2D eigenvalue weighted by molar-refractivity contribution is 6.04. The number of hydrogen-bond donors (Lipinski definition) is 0. The number of nitrogens with zero attached hydrogens (tertiary/aromatic N) is 4. The summed E-state index contributed by atoms with van der Waals surface area (Å²) >= 11 is 0. The lowest BCUT2D eigenvalue weighted by Crippen LogP contribution is -2.26. The van der Waals surface area contributed by atoms with Crippen molar-refractivity contribution in [1.82, 2.24) is 15.0 Å².